The van der Waals surface area contributed by atoms with Crippen LogP contribution in [-0.2, 0) is 21.3 Å². The predicted molar refractivity (Wildman–Crippen MR) is 121 cm³/mol. The van der Waals surface area contributed by atoms with Crippen molar-refractivity contribution in [2.75, 3.05) is 39.2 Å². The van der Waals surface area contributed by atoms with Gasteiger partial charge < -0.3 is 18.5 Å². The minimum atomic E-state index is -3.28. The number of rotatable bonds is 9. The fourth-order valence-corrected chi connectivity index (χ4v) is 5.32. The predicted octanol–water partition coefficient (Wildman–Crippen LogP) is 2.71. The Hall–Kier alpha value is -2.62. The van der Waals surface area contributed by atoms with E-state index in [4.69, 9.17) is 13.9 Å². The maximum atomic E-state index is 12.5. The summed E-state index contributed by atoms with van der Waals surface area (Å²) in [6.45, 7) is 1.93. The summed E-state index contributed by atoms with van der Waals surface area (Å²) in [5.74, 6) is 0.922. The molecule has 0 radical (unpaired) electrons. The second kappa shape index (κ2) is 9.89. The molecule has 1 aromatic carbocycles. The second-order valence-electron chi connectivity index (χ2n) is 8.10. The minimum absolute atomic E-state index is 0.00288. The summed E-state index contributed by atoms with van der Waals surface area (Å²) in [5, 5.41) is 2.26. The third kappa shape index (κ3) is 5.40. The van der Waals surface area contributed by atoms with E-state index in [1.54, 1.807) is 0 Å². The van der Waals surface area contributed by atoms with Gasteiger partial charge in [-0.15, -0.1) is 0 Å². The van der Waals surface area contributed by atoms with Crippen LogP contribution >= 0.6 is 0 Å². The van der Waals surface area contributed by atoms with Gasteiger partial charge in [0.05, 0.1) is 25.5 Å². The molecule has 1 aliphatic rings. The summed E-state index contributed by atoms with van der Waals surface area (Å²) in [5.41, 5.74) is -0.220. The standard InChI is InChI=1S/C23H28N2O6S/c1-29-10-11-32(27,28)25-8-6-18(7-9-25)16-31-23-17-30-21(12-22(23)26)15-24-13-19-4-2-3-5-20(19)14-24/h2-5,12-14,17-18H,6-11,15-16H2,1H3. The van der Waals surface area contributed by atoms with E-state index in [2.05, 4.69) is 0 Å². The van der Waals surface area contributed by atoms with Gasteiger partial charge in [-0.3, -0.25) is 4.79 Å². The zero-order valence-electron chi connectivity index (χ0n) is 18.1. The minimum Gasteiger partial charge on any atom is -0.486 e. The lowest BCUT2D eigenvalue weighted by molar-refractivity contribution is 0.179. The van der Waals surface area contributed by atoms with Crippen LogP contribution in [-0.4, -0.2) is 56.5 Å². The maximum absolute atomic E-state index is 12.5. The molecule has 0 spiro atoms. The van der Waals surface area contributed by atoms with E-state index in [1.807, 2.05) is 41.2 Å². The number of hydrogen-bond donors (Lipinski definition) is 0. The molecule has 1 saturated heterocycles. The molecule has 3 aromatic rings. The molecule has 0 bridgehead atoms. The number of fused-ring (bicyclic) bond motifs is 1. The maximum Gasteiger partial charge on any atom is 0.227 e. The molecule has 9 heteroatoms. The molecule has 32 heavy (non-hydrogen) atoms. The molecule has 8 nitrogen and oxygen atoms in total. The normalized spacial score (nSPS) is 15.9. The fourth-order valence-electron chi connectivity index (χ4n) is 3.92. The van der Waals surface area contributed by atoms with Crippen LogP contribution in [0.25, 0.3) is 10.8 Å². The summed E-state index contributed by atoms with van der Waals surface area (Å²) in [6, 6.07) is 9.52. The van der Waals surface area contributed by atoms with Crippen molar-refractivity contribution in [3.63, 3.8) is 0 Å². The lowest BCUT2D eigenvalue weighted by Crippen LogP contribution is -2.41. The van der Waals surface area contributed by atoms with Crippen LogP contribution in [0.3, 0.4) is 0 Å². The number of ether oxygens (including phenoxy) is 2. The van der Waals surface area contributed by atoms with E-state index in [0.29, 0.717) is 44.8 Å². The Balaban J connectivity index is 1.29. The highest BCUT2D eigenvalue weighted by Crippen LogP contribution is 2.21. The lowest BCUT2D eigenvalue weighted by atomic mass is 9.99. The molecule has 0 amide bonds. The zero-order chi connectivity index (χ0) is 22.6. The average molecular weight is 461 g/mol. The van der Waals surface area contributed by atoms with E-state index in [9.17, 15) is 13.2 Å². The van der Waals surface area contributed by atoms with Gasteiger partial charge in [0.1, 0.15) is 12.0 Å². The number of methoxy groups -OCH3 is 1. The van der Waals surface area contributed by atoms with Crippen LogP contribution in [0.2, 0.25) is 0 Å². The molecular weight excluding hydrogens is 432 g/mol. The monoisotopic (exact) mass is 460 g/mol. The third-order valence-corrected chi connectivity index (χ3v) is 7.62. The molecule has 3 heterocycles. The van der Waals surface area contributed by atoms with Crippen LogP contribution < -0.4 is 10.2 Å². The van der Waals surface area contributed by atoms with Crippen LogP contribution in [0, 0.1) is 5.92 Å². The van der Waals surface area contributed by atoms with Crippen molar-refractivity contribution >= 4 is 20.8 Å². The highest BCUT2D eigenvalue weighted by molar-refractivity contribution is 7.89. The van der Waals surface area contributed by atoms with Crippen LogP contribution in [0.15, 0.2) is 58.2 Å². The molecule has 0 N–H and O–H groups in total. The van der Waals surface area contributed by atoms with Crippen molar-refractivity contribution in [2.24, 2.45) is 5.92 Å². The highest BCUT2D eigenvalue weighted by atomic mass is 32.2. The summed E-state index contributed by atoms with van der Waals surface area (Å²) in [6.07, 6.45) is 6.78. The molecule has 1 aliphatic heterocycles. The molecular formula is C23H28N2O6S. The van der Waals surface area contributed by atoms with E-state index >= 15 is 0 Å². The van der Waals surface area contributed by atoms with E-state index < -0.39 is 10.0 Å². The number of benzene rings is 1. The van der Waals surface area contributed by atoms with Gasteiger partial charge in [0.15, 0.2) is 0 Å². The lowest BCUT2D eigenvalue weighted by Gasteiger charge is -2.30. The van der Waals surface area contributed by atoms with Crippen LogP contribution in [0.5, 0.6) is 5.75 Å². The molecule has 2 aromatic heterocycles. The summed E-state index contributed by atoms with van der Waals surface area (Å²) in [4.78, 5) is 12.5. The summed E-state index contributed by atoms with van der Waals surface area (Å²) in [7, 11) is -1.79. The van der Waals surface area contributed by atoms with E-state index in [1.165, 1.54) is 23.7 Å². The summed E-state index contributed by atoms with van der Waals surface area (Å²) >= 11 is 0. The largest absolute Gasteiger partial charge is 0.486 e. The first kappa shape index (κ1) is 22.6. The smallest absolute Gasteiger partial charge is 0.227 e. The quantitative estimate of drug-likeness (QED) is 0.488. The Kier molecular flexibility index (Phi) is 6.98. The first-order valence-electron chi connectivity index (χ1n) is 10.7. The van der Waals surface area contributed by atoms with Gasteiger partial charge in [0.2, 0.25) is 21.2 Å². The fraction of sp³-hybridized carbons (Fsp3) is 0.435. The van der Waals surface area contributed by atoms with E-state index in [0.717, 1.165) is 10.8 Å². The Morgan fingerprint density at radius 2 is 1.81 bits per heavy atom. The number of aromatic nitrogens is 1. The van der Waals surface area contributed by atoms with Crippen molar-refractivity contribution in [1.29, 1.82) is 0 Å². The van der Waals surface area contributed by atoms with Crippen molar-refractivity contribution in [3.8, 4) is 5.75 Å². The Labute approximate surface area is 187 Å². The number of piperidine rings is 1. The van der Waals surface area contributed by atoms with Gasteiger partial charge >= 0.3 is 0 Å². The number of hydrogen-bond acceptors (Lipinski definition) is 6. The average Bonchev–Trinajstić information content (AvgIpc) is 3.20. The van der Waals surface area contributed by atoms with Gasteiger partial charge in [-0.1, -0.05) is 24.3 Å². The Morgan fingerprint density at radius 3 is 2.44 bits per heavy atom. The molecule has 1 fully saturated rings. The number of sulfonamides is 1. The van der Waals surface area contributed by atoms with Gasteiger partial charge in [-0.05, 0) is 29.5 Å². The van der Waals surface area contributed by atoms with Crippen molar-refractivity contribution in [1.82, 2.24) is 8.87 Å². The Morgan fingerprint density at radius 1 is 1.12 bits per heavy atom. The molecule has 0 atom stereocenters. The molecule has 4 rings (SSSR count). The molecule has 172 valence electrons. The summed E-state index contributed by atoms with van der Waals surface area (Å²) < 4.78 is 44.2. The van der Waals surface area contributed by atoms with Gasteiger partial charge in [0, 0.05) is 38.7 Å². The topological polar surface area (TPSA) is 91.0 Å². The van der Waals surface area contributed by atoms with Crippen LogP contribution in [0.1, 0.15) is 18.6 Å². The van der Waals surface area contributed by atoms with Gasteiger partial charge in [-0.25, -0.2) is 12.7 Å². The second-order valence-corrected chi connectivity index (χ2v) is 10.2. The highest BCUT2D eigenvalue weighted by Gasteiger charge is 2.28. The SMILES string of the molecule is COCCS(=O)(=O)N1CCC(COc2coc(Cn3cc4ccccc4c3)cc2=O)CC1. The first-order chi connectivity index (χ1) is 15.4. The van der Waals surface area contributed by atoms with Crippen molar-refractivity contribution < 1.29 is 22.3 Å². The Bertz CT molecular complexity index is 1180. The van der Waals surface area contributed by atoms with Crippen molar-refractivity contribution in [3.05, 3.63) is 65.0 Å². The molecule has 0 unspecified atom stereocenters. The molecule has 0 saturated carbocycles. The third-order valence-electron chi connectivity index (χ3n) is 5.78. The zero-order valence-corrected chi connectivity index (χ0v) is 18.9. The first-order valence-corrected chi connectivity index (χ1v) is 12.3. The van der Waals surface area contributed by atoms with Gasteiger partial charge in [-0.2, -0.15) is 0 Å². The number of nitrogens with zero attached hydrogens (tertiary/aromatic N) is 2. The van der Waals surface area contributed by atoms with Crippen LogP contribution in [0.4, 0.5) is 0 Å². The van der Waals surface area contributed by atoms with E-state index in [-0.39, 0.29) is 29.5 Å². The molecule has 0 aliphatic carbocycles. The van der Waals surface area contributed by atoms with Gasteiger partial charge in [0.25, 0.3) is 0 Å². The van der Waals surface area contributed by atoms with Crippen molar-refractivity contribution in [2.45, 2.75) is 19.4 Å².